The Balaban J connectivity index is 1.98. The van der Waals surface area contributed by atoms with Gasteiger partial charge in [-0.2, -0.15) is 0 Å². The van der Waals surface area contributed by atoms with Gasteiger partial charge in [-0.25, -0.2) is 4.98 Å². The predicted molar refractivity (Wildman–Crippen MR) is 61.3 cm³/mol. The van der Waals surface area contributed by atoms with Crippen LogP contribution in [-0.4, -0.2) is 34.0 Å². The van der Waals surface area contributed by atoms with Crippen LogP contribution in [0, 0.1) is 0 Å². The van der Waals surface area contributed by atoms with E-state index in [-0.39, 0.29) is 17.9 Å². The Morgan fingerprint density at radius 1 is 1.65 bits per heavy atom. The quantitative estimate of drug-likeness (QED) is 0.747. The van der Waals surface area contributed by atoms with Crippen molar-refractivity contribution in [2.45, 2.75) is 25.3 Å². The summed E-state index contributed by atoms with van der Waals surface area (Å²) in [6, 6.07) is -0.0834. The van der Waals surface area contributed by atoms with Gasteiger partial charge < -0.3 is 15.2 Å². The standard InChI is InChI=1S/C11H16N4O2/c1-15-7-12-6-9(15)11(17)14-8-3-2-4-13-10(16)5-8/h6-8H,2-5H2,1H3,(H,13,16)(H,14,17). The number of aromatic nitrogens is 2. The monoisotopic (exact) mass is 236 g/mol. The van der Waals surface area contributed by atoms with Crippen LogP contribution in [0.4, 0.5) is 0 Å². The first kappa shape index (κ1) is 11.6. The summed E-state index contributed by atoms with van der Waals surface area (Å²) in [4.78, 5) is 27.2. The van der Waals surface area contributed by atoms with Crippen molar-refractivity contribution in [1.82, 2.24) is 20.2 Å². The highest BCUT2D eigenvalue weighted by Gasteiger charge is 2.20. The molecule has 0 aliphatic carbocycles. The van der Waals surface area contributed by atoms with Gasteiger partial charge in [0.25, 0.3) is 5.91 Å². The summed E-state index contributed by atoms with van der Waals surface area (Å²) >= 11 is 0. The number of carbonyl (C=O) groups is 2. The Kier molecular flexibility index (Phi) is 3.41. The zero-order chi connectivity index (χ0) is 12.3. The van der Waals surface area contributed by atoms with E-state index in [0.717, 1.165) is 12.8 Å². The highest BCUT2D eigenvalue weighted by atomic mass is 16.2. The average Bonchev–Trinajstić information content (AvgIpc) is 2.60. The van der Waals surface area contributed by atoms with E-state index in [0.29, 0.717) is 18.7 Å². The van der Waals surface area contributed by atoms with E-state index in [9.17, 15) is 9.59 Å². The summed E-state index contributed by atoms with van der Waals surface area (Å²) in [5.41, 5.74) is 0.509. The van der Waals surface area contributed by atoms with Gasteiger partial charge >= 0.3 is 0 Å². The van der Waals surface area contributed by atoms with Crippen LogP contribution in [0.25, 0.3) is 0 Å². The second kappa shape index (κ2) is 4.99. The molecular formula is C11H16N4O2. The molecule has 1 unspecified atom stereocenters. The molecule has 0 bridgehead atoms. The van der Waals surface area contributed by atoms with Crippen LogP contribution >= 0.6 is 0 Å². The molecule has 0 saturated carbocycles. The van der Waals surface area contributed by atoms with E-state index >= 15 is 0 Å². The lowest BCUT2D eigenvalue weighted by atomic mass is 10.1. The number of aryl methyl sites for hydroxylation is 1. The molecule has 1 aromatic rings. The number of hydrogen-bond donors (Lipinski definition) is 2. The Morgan fingerprint density at radius 3 is 3.18 bits per heavy atom. The molecule has 1 aliphatic heterocycles. The maximum Gasteiger partial charge on any atom is 0.269 e. The van der Waals surface area contributed by atoms with Crippen molar-refractivity contribution in [3.8, 4) is 0 Å². The number of hydrogen-bond acceptors (Lipinski definition) is 3. The van der Waals surface area contributed by atoms with E-state index in [4.69, 9.17) is 0 Å². The molecule has 1 saturated heterocycles. The van der Waals surface area contributed by atoms with E-state index in [1.165, 1.54) is 6.20 Å². The predicted octanol–water partition coefficient (Wildman–Crippen LogP) is -0.181. The fourth-order valence-corrected chi connectivity index (χ4v) is 1.93. The molecule has 2 N–H and O–H groups in total. The first-order valence-corrected chi connectivity index (χ1v) is 5.70. The zero-order valence-corrected chi connectivity index (χ0v) is 9.77. The van der Waals surface area contributed by atoms with Crippen LogP contribution < -0.4 is 10.6 Å². The normalized spacial score (nSPS) is 20.5. The van der Waals surface area contributed by atoms with Gasteiger partial charge in [0.1, 0.15) is 5.69 Å². The molecule has 6 heteroatoms. The Morgan fingerprint density at radius 2 is 2.47 bits per heavy atom. The topological polar surface area (TPSA) is 76.0 Å². The summed E-state index contributed by atoms with van der Waals surface area (Å²) in [5.74, 6) is -0.178. The molecule has 0 spiro atoms. The maximum atomic E-state index is 11.9. The van der Waals surface area contributed by atoms with Gasteiger partial charge in [-0.05, 0) is 12.8 Å². The molecular weight excluding hydrogens is 220 g/mol. The minimum atomic E-state index is -0.176. The van der Waals surface area contributed by atoms with Gasteiger partial charge in [-0.3, -0.25) is 9.59 Å². The SMILES string of the molecule is Cn1cncc1C(=O)NC1CCCNC(=O)C1. The fourth-order valence-electron chi connectivity index (χ4n) is 1.93. The molecule has 92 valence electrons. The summed E-state index contributed by atoms with van der Waals surface area (Å²) in [6.07, 6.45) is 5.16. The third-order valence-corrected chi connectivity index (χ3v) is 2.87. The van der Waals surface area contributed by atoms with Crippen molar-refractivity contribution < 1.29 is 9.59 Å². The summed E-state index contributed by atoms with van der Waals surface area (Å²) in [7, 11) is 1.77. The van der Waals surface area contributed by atoms with Gasteiger partial charge in [0.05, 0.1) is 12.5 Å². The van der Waals surface area contributed by atoms with E-state index in [1.54, 1.807) is 17.9 Å². The van der Waals surface area contributed by atoms with Crippen molar-refractivity contribution in [3.63, 3.8) is 0 Å². The number of nitrogens with one attached hydrogen (secondary N) is 2. The molecule has 1 atom stereocenters. The van der Waals surface area contributed by atoms with Crippen LogP contribution in [0.3, 0.4) is 0 Å². The number of imidazole rings is 1. The molecule has 0 aromatic carbocycles. The smallest absolute Gasteiger partial charge is 0.269 e. The molecule has 2 heterocycles. The Hall–Kier alpha value is -1.85. The first-order valence-electron chi connectivity index (χ1n) is 5.70. The molecule has 2 amide bonds. The van der Waals surface area contributed by atoms with Crippen molar-refractivity contribution in [2.75, 3.05) is 6.54 Å². The van der Waals surface area contributed by atoms with Crippen LogP contribution in [-0.2, 0) is 11.8 Å². The summed E-state index contributed by atoms with van der Waals surface area (Å²) < 4.78 is 1.66. The second-order valence-electron chi connectivity index (χ2n) is 4.26. The third kappa shape index (κ3) is 2.83. The zero-order valence-electron chi connectivity index (χ0n) is 9.77. The lowest BCUT2D eigenvalue weighted by molar-refractivity contribution is -0.121. The molecule has 6 nitrogen and oxygen atoms in total. The van der Waals surface area contributed by atoms with Crippen LogP contribution in [0.15, 0.2) is 12.5 Å². The van der Waals surface area contributed by atoms with Crippen molar-refractivity contribution in [2.24, 2.45) is 7.05 Å². The first-order chi connectivity index (χ1) is 8.16. The molecule has 1 aromatic heterocycles. The number of carbonyl (C=O) groups excluding carboxylic acids is 2. The number of amides is 2. The van der Waals surface area contributed by atoms with Crippen LogP contribution in [0.1, 0.15) is 29.8 Å². The van der Waals surface area contributed by atoms with Gasteiger partial charge in [0.15, 0.2) is 0 Å². The van der Waals surface area contributed by atoms with Gasteiger partial charge in [-0.15, -0.1) is 0 Å². The summed E-state index contributed by atoms with van der Waals surface area (Å²) in [5, 5.41) is 5.66. The summed E-state index contributed by atoms with van der Waals surface area (Å²) in [6.45, 7) is 0.691. The van der Waals surface area contributed by atoms with E-state index < -0.39 is 0 Å². The highest BCUT2D eigenvalue weighted by Crippen LogP contribution is 2.07. The maximum absolute atomic E-state index is 11.9. The van der Waals surface area contributed by atoms with E-state index in [1.807, 2.05) is 0 Å². The Labute approximate surface area is 99.4 Å². The van der Waals surface area contributed by atoms with Crippen molar-refractivity contribution >= 4 is 11.8 Å². The Bertz CT molecular complexity index is 427. The van der Waals surface area contributed by atoms with Gasteiger partial charge in [-0.1, -0.05) is 0 Å². The molecule has 17 heavy (non-hydrogen) atoms. The largest absolute Gasteiger partial charge is 0.356 e. The third-order valence-electron chi connectivity index (χ3n) is 2.87. The lowest BCUT2D eigenvalue weighted by Crippen LogP contribution is -2.37. The molecule has 2 rings (SSSR count). The van der Waals surface area contributed by atoms with Crippen LogP contribution in [0.2, 0.25) is 0 Å². The van der Waals surface area contributed by atoms with Crippen molar-refractivity contribution in [1.29, 1.82) is 0 Å². The lowest BCUT2D eigenvalue weighted by Gasteiger charge is -2.14. The van der Waals surface area contributed by atoms with E-state index in [2.05, 4.69) is 15.6 Å². The molecule has 1 fully saturated rings. The minimum absolute atomic E-state index is 0.00203. The fraction of sp³-hybridized carbons (Fsp3) is 0.545. The van der Waals surface area contributed by atoms with Gasteiger partial charge in [0, 0.05) is 26.1 Å². The number of nitrogens with zero attached hydrogens (tertiary/aromatic N) is 2. The van der Waals surface area contributed by atoms with Crippen LogP contribution in [0.5, 0.6) is 0 Å². The van der Waals surface area contributed by atoms with Gasteiger partial charge in [0.2, 0.25) is 5.91 Å². The average molecular weight is 236 g/mol. The molecule has 1 aliphatic rings. The number of rotatable bonds is 2. The minimum Gasteiger partial charge on any atom is -0.356 e. The second-order valence-corrected chi connectivity index (χ2v) is 4.26. The molecule has 0 radical (unpaired) electrons. The van der Waals surface area contributed by atoms with Crippen molar-refractivity contribution in [3.05, 3.63) is 18.2 Å². The highest BCUT2D eigenvalue weighted by molar-refractivity contribution is 5.93.